The van der Waals surface area contributed by atoms with Gasteiger partial charge in [-0.2, -0.15) is 0 Å². The SMILES string of the molecule is O=C1C=C(c2ccc(Br)cc2)S(=O)(=O)N1. The van der Waals surface area contributed by atoms with Crippen LogP contribution in [0.15, 0.2) is 34.8 Å². The molecule has 0 aliphatic carbocycles. The number of carbonyl (C=O) groups is 1. The van der Waals surface area contributed by atoms with Gasteiger partial charge in [0.1, 0.15) is 4.91 Å². The Morgan fingerprint density at radius 1 is 1.13 bits per heavy atom. The van der Waals surface area contributed by atoms with E-state index in [1.165, 1.54) is 0 Å². The minimum Gasteiger partial charge on any atom is -0.269 e. The number of halogens is 1. The molecule has 1 aliphatic rings. The summed E-state index contributed by atoms with van der Waals surface area (Å²) in [7, 11) is -3.66. The van der Waals surface area contributed by atoms with Crippen molar-refractivity contribution in [1.82, 2.24) is 4.72 Å². The van der Waals surface area contributed by atoms with Crippen LogP contribution in [0.1, 0.15) is 5.56 Å². The van der Waals surface area contributed by atoms with Gasteiger partial charge in [-0.25, -0.2) is 13.1 Å². The van der Waals surface area contributed by atoms with Crippen molar-refractivity contribution in [2.45, 2.75) is 0 Å². The summed E-state index contributed by atoms with van der Waals surface area (Å²) in [5.74, 6) is -0.604. The largest absolute Gasteiger partial charge is 0.269 e. The Morgan fingerprint density at radius 3 is 2.20 bits per heavy atom. The van der Waals surface area contributed by atoms with Crippen LogP contribution < -0.4 is 4.72 Å². The van der Waals surface area contributed by atoms with Crippen molar-refractivity contribution in [1.29, 1.82) is 0 Å². The molecule has 1 heterocycles. The van der Waals surface area contributed by atoms with E-state index in [1.807, 2.05) is 4.72 Å². The summed E-state index contributed by atoms with van der Waals surface area (Å²) in [5, 5.41) is 0. The minimum atomic E-state index is -3.66. The van der Waals surface area contributed by atoms with Crippen molar-refractivity contribution in [2.24, 2.45) is 0 Å². The Hall–Kier alpha value is -1.14. The van der Waals surface area contributed by atoms with Crippen molar-refractivity contribution in [2.75, 3.05) is 0 Å². The molecule has 0 aromatic heterocycles. The number of hydrogen-bond donors (Lipinski definition) is 1. The molecule has 1 amide bonds. The van der Waals surface area contributed by atoms with Crippen LogP contribution in [0.4, 0.5) is 0 Å². The van der Waals surface area contributed by atoms with E-state index >= 15 is 0 Å². The van der Waals surface area contributed by atoms with Crippen LogP contribution in [0.25, 0.3) is 4.91 Å². The zero-order chi connectivity index (χ0) is 11.1. The average Bonchev–Trinajstić information content (AvgIpc) is 2.41. The Morgan fingerprint density at radius 2 is 1.73 bits per heavy atom. The highest BCUT2D eigenvalue weighted by Gasteiger charge is 2.28. The maximum Gasteiger partial charge on any atom is 0.265 e. The van der Waals surface area contributed by atoms with Gasteiger partial charge in [-0.15, -0.1) is 0 Å². The lowest BCUT2D eigenvalue weighted by Crippen LogP contribution is -2.22. The van der Waals surface area contributed by atoms with E-state index in [9.17, 15) is 13.2 Å². The molecule has 1 aliphatic heterocycles. The second-order valence-electron chi connectivity index (χ2n) is 2.99. The molecule has 0 spiro atoms. The van der Waals surface area contributed by atoms with Crippen LogP contribution in [0.5, 0.6) is 0 Å². The molecule has 1 N–H and O–H groups in total. The smallest absolute Gasteiger partial charge is 0.265 e. The first kappa shape index (κ1) is 10.4. The zero-order valence-corrected chi connectivity index (χ0v) is 9.80. The van der Waals surface area contributed by atoms with E-state index in [2.05, 4.69) is 15.9 Å². The molecule has 0 bridgehead atoms. The molecular weight excluding hydrogens is 282 g/mol. The van der Waals surface area contributed by atoms with Gasteiger partial charge in [-0.1, -0.05) is 28.1 Å². The molecule has 0 fully saturated rings. The highest BCUT2D eigenvalue weighted by atomic mass is 79.9. The zero-order valence-electron chi connectivity index (χ0n) is 7.40. The molecule has 0 unspecified atom stereocenters. The number of benzene rings is 1. The van der Waals surface area contributed by atoms with Crippen LogP contribution >= 0.6 is 15.9 Å². The van der Waals surface area contributed by atoms with Crippen LogP contribution in [-0.4, -0.2) is 14.3 Å². The Labute approximate surface area is 95.2 Å². The summed E-state index contributed by atoms with van der Waals surface area (Å²) in [4.78, 5) is 10.9. The van der Waals surface area contributed by atoms with E-state index < -0.39 is 15.9 Å². The first-order valence-electron chi connectivity index (χ1n) is 4.03. The maximum absolute atomic E-state index is 11.4. The van der Waals surface area contributed by atoms with Gasteiger partial charge in [0.05, 0.1) is 0 Å². The summed E-state index contributed by atoms with van der Waals surface area (Å²) < 4.78 is 25.6. The third-order valence-corrected chi connectivity index (χ3v) is 3.85. The monoisotopic (exact) mass is 287 g/mol. The molecule has 2 rings (SSSR count). The van der Waals surface area contributed by atoms with Crippen LogP contribution in [0.3, 0.4) is 0 Å². The first-order chi connectivity index (χ1) is 6.99. The normalized spacial score (nSPS) is 18.5. The van der Waals surface area contributed by atoms with Gasteiger partial charge in [-0.05, 0) is 17.7 Å². The summed E-state index contributed by atoms with van der Waals surface area (Å²) in [6.45, 7) is 0. The highest BCUT2D eigenvalue weighted by molar-refractivity contribution is 9.10. The third-order valence-electron chi connectivity index (χ3n) is 1.92. The number of amides is 1. The molecule has 1 aromatic carbocycles. The van der Waals surface area contributed by atoms with E-state index in [-0.39, 0.29) is 4.91 Å². The molecule has 78 valence electrons. The predicted octanol–water partition coefficient (Wildman–Crippen LogP) is 1.25. The fraction of sp³-hybridized carbons (Fsp3) is 0. The van der Waals surface area contributed by atoms with Gasteiger partial charge < -0.3 is 0 Å². The molecular formula is C9H6BrNO3S. The average molecular weight is 288 g/mol. The topological polar surface area (TPSA) is 63.2 Å². The van der Waals surface area contributed by atoms with E-state index in [0.29, 0.717) is 5.56 Å². The van der Waals surface area contributed by atoms with E-state index in [0.717, 1.165) is 10.5 Å². The quantitative estimate of drug-likeness (QED) is 0.846. The number of nitrogens with one attached hydrogen (secondary N) is 1. The minimum absolute atomic E-state index is 0.0139. The van der Waals surface area contributed by atoms with Crippen LogP contribution in [-0.2, 0) is 14.8 Å². The van der Waals surface area contributed by atoms with Crippen LogP contribution in [0.2, 0.25) is 0 Å². The highest BCUT2D eigenvalue weighted by Crippen LogP contribution is 2.25. The molecule has 0 saturated carbocycles. The second kappa shape index (κ2) is 3.46. The van der Waals surface area contributed by atoms with Crippen molar-refractivity contribution in [3.63, 3.8) is 0 Å². The van der Waals surface area contributed by atoms with Gasteiger partial charge in [-0.3, -0.25) is 4.79 Å². The fourth-order valence-corrected chi connectivity index (χ4v) is 2.67. The number of hydrogen-bond acceptors (Lipinski definition) is 3. The summed E-state index contributed by atoms with van der Waals surface area (Å²) in [5.41, 5.74) is 0.497. The molecule has 15 heavy (non-hydrogen) atoms. The standard InChI is InChI=1S/C9H6BrNO3S/c10-7-3-1-6(2-4-7)8-5-9(12)11-15(8,13)14/h1-5H,(H,11,12). The number of rotatable bonds is 1. The molecule has 4 nitrogen and oxygen atoms in total. The van der Waals surface area contributed by atoms with Crippen molar-refractivity contribution in [3.05, 3.63) is 40.4 Å². The fourth-order valence-electron chi connectivity index (χ4n) is 1.27. The van der Waals surface area contributed by atoms with E-state index in [1.54, 1.807) is 24.3 Å². The molecule has 0 radical (unpaired) electrons. The second-order valence-corrected chi connectivity index (χ2v) is 5.55. The van der Waals surface area contributed by atoms with Gasteiger partial charge in [0.15, 0.2) is 0 Å². The Balaban J connectivity index is 2.53. The summed E-state index contributed by atoms with van der Waals surface area (Å²) in [6, 6.07) is 6.70. The van der Waals surface area contributed by atoms with Crippen molar-refractivity contribution in [3.8, 4) is 0 Å². The predicted molar refractivity (Wildman–Crippen MR) is 59.2 cm³/mol. The lowest BCUT2D eigenvalue weighted by atomic mass is 10.2. The van der Waals surface area contributed by atoms with Gasteiger partial charge >= 0.3 is 0 Å². The van der Waals surface area contributed by atoms with Crippen molar-refractivity contribution < 1.29 is 13.2 Å². The molecule has 6 heteroatoms. The van der Waals surface area contributed by atoms with Gasteiger partial charge in [0, 0.05) is 10.5 Å². The van der Waals surface area contributed by atoms with Crippen molar-refractivity contribution >= 4 is 36.8 Å². The Bertz CT molecular complexity index is 545. The molecule has 0 saturated heterocycles. The first-order valence-corrected chi connectivity index (χ1v) is 6.31. The summed E-state index contributed by atoms with van der Waals surface area (Å²) >= 11 is 3.24. The van der Waals surface area contributed by atoms with E-state index in [4.69, 9.17) is 0 Å². The van der Waals surface area contributed by atoms with Gasteiger partial charge in [0.2, 0.25) is 0 Å². The lowest BCUT2D eigenvalue weighted by molar-refractivity contribution is -0.114. The molecule has 1 aromatic rings. The molecule has 0 atom stereocenters. The van der Waals surface area contributed by atoms with Crippen LogP contribution in [0, 0.1) is 0 Å². The van der Waals surface area contributed by atoms with Gasteiger partial charge in [0.25, 0.3) is 15.9 Å². The lowest BCUT2D eigenvalue weighted by Gasteiger charge is -2.01. The number of carbonyl (C=O) groups excluding carboxylic acids is 1. The Kier molecular flexibility index (Phi) is 2.40. The number of sulfonamides is 1. The summed E-state index contributed by atoms with van der Waals surface area (Å²) in [6.07, 6.45) is 1.08. The third kappa shape index (κ3) is 1.95. The maximum atomic E-state index is 11.4.